The number of benzene rings is 2. The molecule has 0 saturated heterocycles. The number of hydrogen-bond acceptors (Lipinski definition) is 4. The average Bonchev–Trinajstić information content (AvgIpc) is 2.96. The molecule has 0 atom stereocenters. The number of carbonyl (C=O) groups is 1. The molecule has 49 heavy (non-hydrogen) atoms. The van der Waals surface area contributed by atoms with Crippen LogP contribution in [0.4, 0.5) is 13.2 Å². The second kappa shape index (κ2) is 17.0. The van der Waals surface area contributed by atoms with Gasteiger partial charge in [0.15, 0.2) is 5.78 Å². The summed E-state index contributed by atoms with van der Waals surface area (Å²) >= 11 is 0. The quantitative estimate of drug-likeness (QED) is 0.101. The summed E-state index contributed by atoms with van der Waals surface area (Å²) in [5.74, 6) is 1.19. The Balaban J connectivity index is 0.000000444. The summed E-state index contributed by atoms with van der Waals surface area (Å²) in [4.78, 5) is 16.2. The molecule has 0 amide bonds. The first-order valence-electron chi connectivity index (χ1n) is 17.1. The molecule has 3 aromatic rings. The summed E-state index contributed by atoms with van der Waals surface area (Å²) in [5.41, 5.74) is 4.16. The molecule has 1 aliphatic heterocycles. The van der Waals surface area contributed by atoms with Gasteiger partial charge in [-0.25, -0.2) is 0 Å². The molecule has 4 rings (SSSR count). The van der Waals surface area contributed by atoms with Crippen LogP contribution in [0.5, 0.6) is 5.75 Å². The number of ketones is 1. The van der Waals surface area contributed by atoms with Crippen molar-refractivity contribution in [1.29, 1.82) is 0 Å². The standard InChI is InChI=1S/C27H29F3NOSi.C13H24O2.Ir/c1-16-12-19(13-17(2)23(16)27(28,29)30)24-25-21(10-11-31-24)20-9-8-18(15-26(3,4)5)14-22(20)33(6,7)32-25;1-5-10(6-2)12(14)9-13(15)11(7-3)8-4;/h8-12,14H,15H2,1-7H3;9-11,14H,5-8H2,1-4H3;/q-1;;/b;12-9-;. The molecule has 0 aliphatic carbocycles. The summed E-state index contributed by atoms with van der Waals surface area (Å²) in [7, 11) is -2.34. The van der Waals surface area contributed by atoms with Crippen LogP contribution in [0.1, 0.15) is 96.4 Å². The van der Waals surface area contributed by atoms with Gasteiger partial charge in [0.2, 0.25) is 0 Å². The Kier molecular flexibility index (Phi) is 14.7. The number of nitrogens with zero attached hydrogens (tertiary/aromatic N) is 1. The van der Waals surface area contributed by atoms with Gasteiger partial charge in [0.05, 0.1) is 11.5 Å². The zero-order chi connectivity index (χ0) is 36.2. The van der Waals surface area contributed by atoms with E-state index in [2.05, 4.69) is 63.1 Å². The van der Waals surface area contributed by atoms with Crippen LogP contribution >= 0.6 is 0 Å². The number of fused-ring (bicyclic) bond motifs is 3. The number of aliphatic hydroxyl groups excluding tert-OH is 1. The first-order valence-corrected chi connectivity index (χ1v) is 20.1. The molecule has 1 aliphatic rings. The Bertz CT molecular complexity index is 1610. The van der Waals surface area contributed by atoms with Gasteiger partial charge in [0.25, 0.3) is 8.32 Å². The minimum Gasteiger partial charge on any atom is -0.544 e. The predicted molar refractivity (Wildman–Crippen MR) is 193 cm³/mol. The maximum atomic E-state index is 13.5. The number of rotatable bonds is 9. The number of pyridine rings is 1. The summed E-state index contributed by atoms with van der Waals surface area (Å²) in [5, 5.41) is 11.0. The van der Waals surface area contributed by atoms with Crippen LogP contribution in [-0.4, -0.2) is 24.2 Å². The normalized spacial score (nSPS) is 13.9. The van der Waals surface area contributed by atoms with Gasteiger partial charge in [-0.05, 0) is 78.6 Å². The van der Waals surface area contributed by atoms with Crippen LogP contribution in [0, 0.1) is 37.2 Å². The largest absolute Gasteiger partial charge is 0.544 e. The molecule has 1 N–H and O–H groups in total. The zero-order valence-corrected chi connectivity index (χ0v) is 34.3. The number of hydrogen-bond donors (Lipinski definition) is 1. The molecule has 2 heterocycles. The number of carbonyl (C=O) groups excluding carboxylic acids is 1. The Morgan fingerprint density at radius 1 is 0.959 bits per heavy atom. The minimum atomic E-state index is -4.41. The summed E-state index contributed by atoms with van der Waals surface area (Å²) in [6, 6.07) is 13.0. The predicted octanol–water partition coefficient (Wildman–Crippen LogP) is 11.1. The molecule has 0 fully saturated rings. The van der Waals surface area contributed by atoms with Gasteiger partial charge < -0.3 is 14.5 Å². The Morgan fingerprint density at radius 2 is 1.55 bits per heavy atom. The fraction of sp³-hybridized carbons (Fsp3) is 0.500. The van der Waals surface area contributed by atoms with Crippen molar-refractivity contribution in [3.63, 3.8) is 0 Å². The Labute approximate surface area is 306 Å². The van der Waals surface area contributed by atoms with Crippen molar-refractivity contribution in [2.24, 2.45) is 17.3 Å². The third-order valence-corrected chi connectivity index (χ3v) is 11.5. The first-order chi connectivity index (χ1) is 22.3. The molecule has 271 valence electrons. The monoisotopic (exact) mass is 873 g/mol. The third-order valence-electron chi connectivity index (χ3n) is 9.09. The van der Waals surface area contributed by atoms with Crippen molar-refractivity contribution in [2.75, 3.05) is 0 Å². The van der Waals surface area contributed by atoms with Crippen LogP contribution in [0.25, 0.3) is 22.4 Å². The molecule has 4 nitrogen and oxygen atoms in total. The van der Waals surface area contributed by atoms with Gasteiger partial charge in [-0.3, -0.25) is 4.79 Å². The molecule has 0 bridgehead atoms. The molecule has 1 aromatic heterocycles. The minimum absolute atomic E-state index is 0. The fourth-order valence-corrected chi connectivity index (χ4v) is 8.77. The van der Waals surface area contributed by atoms with Crippen molar-refractivity contribution in [3.05, 3.63) is 76.7 Å². The third kappa shape index (κ3) is 10.4. The van der Waals surface area contributed by atoms with E-state index in [0.29, 0.717) is 17.0 Å². The summed E-state index contributed by atoms with van der Waals surface area (Å²) in [6.45, 7) is 22.0. The van der Waals surface area contributed by atoms with E-state index in [1.807, 2.05) is 33.8 Å². The Morgan fingerprint density at radius 3 is 2.06 bits per heavy atom. The molecule has 0 spiro atoms. The van der Waals surface area contributed by atoms with Gasteiger partial charge in [-0.2, -0.15) is 13.2 Å². The molecule has 1 radical (unpaired) electrons. The van der Waals surface area contributed by atoms with Crippen LogP contribution in [0.3, 0.4) is 0 Å². The van der Waals surface area contributed by atoms with Crippen molar-refractivity contribution in [2.45, 2.75) is 114 Å². The number of halogens is 3. The maximum Gasteiger partial charge on any atom is 0.382 e. The van der Waals surface area contributed by atoms with Crippen molar-refractivity contribution in [3.8, 4) is 28.1 Å². The van der Waals surface area contributed by atoms with Crippen LogP contribution in [-0.2, 0) is 37.5 Å². The summed E-state index contributed by atoms with van der Waals surface area (Å²) in [6.07, 6.45) is 3.16. The maximum absolute atomic E-state index is 13.5. The number of aryl methyl sites for hydroxylation is 2. The molecule has 9 heteroatoms. The summed E-state index contributed by atoms with van der Waals surface area (Å²) < 4.78 is 47.0. The molecule has 0 unspecified atom stereocenters. The van der Waals surface area contributed by atoms with E-state index in [1.54, 1.807) is 6.20 Å². The second-order valence-corrected chi connectivity index (χ2v) is 18.4. The molecular formula is C40H53F3IrNO3Si-. The second-order valence-electron chi connectivity index (χ2n) is 14.6. The van der Waals surface area contributed by atoms with Crippen molar-refractivity contribution in [1.82, 2.24) is 4.98 Å². The Hall–Kier alpha value is -2.74. The van der Waals surface area contributed by atoms with Gasteiger partial charge in [0, 0.05) is 55.5 Å². The van der Waals surface area contributed by atoms with Crippen molar-refractivity contribution < 1.29 is 47.6 Å². The molecule has 0 saturated carbocycles. The van der Waals surface area contributed by atoms with E-state index in [0.717, 1.165) is 43.2 Å². The number of allylic oxidation sites excluding steroid dienone is 2. The number of aromatic nitrogens is 1. The van der Waals surface area contributed by atoms with Crippen LogP contribution in [0.2, 0.25) is 13.1 Å². The fourth-order valence-electron chi connectivity index (χ4n) is 6.54. The van der Waals surface area contributed by atoms with E-state index in [9.17, 15) is 23.1 Å². The van der Waals surface area contributed by atoms with Gasteiger partial charge in [0.1, 0.15) is 0 Å². The topological polar surface area (TPSA) is 59.4 Å². The van der Waals surface area contributed by atoms with Gasteiger partial charge >= 0.3 is 6.18 Å². The number of aliphatic hydroxyl groups is 1. The van der Waals surface area contributed by atoms with E-state index < -0.39 is 20.1 Å². The molecular weight excluding hydrogens is 820 g/mol. The van der Waals surface area contributed by atoms with Crippen molar-refractivity contribution >= 4 is 19.3 Å². The van der Waals surface area contributed by atoms with Crippen LogP contribution in [0.15, 0.2) is 48.4 Å². The van der Waals surface area contributed by atoms with Gasteiger partial charge in [-0.1, -0.05) is 80.5 Å². The van der Waals surface area contributed by atoms with E-state index in [1.165, 1.54) is 36.7 Å². The average molecular weight is 873 g/mol. The SMILES string of the molecule is CCC(CC)C(=O)/C=C(\O)C(CC)CC.Cc1[c-]c(-c2nccc3c2O[Si](C)(C)c2cc(CC(C)(C)C)ccc2-3)cc(C)c1C(F)(F)F.[Ir]. The number of alkyl halides is 3. The van der Waals surface area contributed by atoms with Crippen LogP contribution < -0.4 is 9.61 Å². The zero-order valence-electron chi connectivity index (χ0n) is 30.9. The van der Waals surface area contributed by atoms with E-state index in [-0.39, 0.29) is 60.0 Å². The smallest absolute Gasteiger partial charge is 0.382 e. The van der Waals surface area contributed by atoms with Gasteiger partial charge in [-0.15, -0.1) is 28.8 Å². The first kappa shape index (κ1) is 42.4. The van der Waals surface area contributed by atoms with E-state index >= 15 is 0 Å². The van der Waals surface area contributed by atoms with E-state index in [4.69, 9.17) is 4.43 Å². The molecule has 2 aromatic carbocycles.